The quantitative estimate of drug-likeness (QED) is 0.0153. The molecule has 0 aromatic rings. The maximum atomic E-state index is 14.6. The highest BCUT2D eigenvalue weighted by Gasteiger charge is 2.39. The standard InChI is InChI=1S/C77H146N26O17/c1-12-45(10)62(74(118)90-40-59(106)91-46(11)64(108)101-60(43(6)7)76(120)100-54(37-42(4)5)71(115)96-50(27-16-21-33-81)69(113)102-61(44(8)9)75(119)97-53(63(86)107)36-41(2)3)103-70(114)51(28-17-22-34-82)92-66(110)48(25-14-19-31-79)95-73(117)56(39-58(85)105)99-68(112)52(29-23-35-89-77(87)88)93-67(111)49(26-15-20-32-80)94-72(116)55(38-57(84)104)98-65(109)47(83)24-13-18-30-78/h41-56,60-62H,12-40,78-83H2,1-11H3,(H2,84,104)(H2,85,105)(H2,86,107)(H,90,118)(H,91,106)(H,92,110)(H,93,111)(H,94,116)(H,95,117)(H,96,115)(H,97,119)(H,98,109)(H,99,112)(H,100,120)(H,101,108)(H,102,113)(H,103,114)(H4,87,88,89)/t45-,46-,47-,48-,49-,50-,51-,52-,53-,54-,55-,56-,60-,61-,62-/m0/s1. The number of carbonyl (C=O) groups is 17. The maximum absolute atomic E-state index is 14.6. The van der Waals surface area contributed by atoms with Crippen molar-refractivity contribution < 1.29 is 81.5 Å². The van der Waals surface area contributed by atoms with Crippen LogP contribution in [0.2, 0.25) is 0 Å². The summed E-state index contributed by atoms with van der Waals surface area (Å²) in [6, 6.07) is -19.1. The van der Waals surface area contributed by atoms with E-state index in [0.717, 1.165) is 0 Å². The van der Waals surface area contributed by atoms with Crippen molar-refractivity contribution in [2.45, 2.75) is 302 Å². The Morgan fingerprint density at radius 3 is 0.950 bits per heavy atom. The summed E-state index contributed by atoms with van der Waals surface area (Å²) >= 11 is 0. The zero-order chi connectivity index (χ0) is 91.5. The van der Waals surface area contributed by atoms with Gasteiger partial charge in [0.25, 0.3) is 0 Å². The summed E-state index contributed by atoms with van der Waals surface area (Å²) in [7, 11) is 0. The highest BCUT2D eigenvalue weighted by atomic mass is 16.2. The van der Waals surface area contributed by atoms with Crippen LogP contribution in [-0.4, -0.2) is 237 Å². The number of hydrogen-bond acceptors (Lipinski definition) is 24. The van der Waals surface area contributed by atoms with Gasteiger partial charge in [-0.05, 0) is 185 Å². The average Bonchev–Trinajstić information content (AvgIpc) is 0.861. The second-order valence-electron chi connectivity index (χ2n) is 31.9. The number of guanidine groups is 1. The highest BCUT2D eigenvalue weighted by Crippen LogP contribution is 2.17. The molecule has 0 aliphatic heterocycles. The smallest absolute Gasteiger partial charge is 0.243 e. The summed E-state index contributed by atoms with van der Waals surface area (Å²) < 4.78 is 0. The molecule has 0 saturated carbocycles. The summed E-state index contributed by atoms with van der Waals surface area (Å²) in [6.07, 6.45) is 2.49. The van der Waals surface area contributed by atoms with E-state index in [0.29, 0.717) is 57.9 Å². The van der Waals surface area contributed by atoms with Crippen molar-refractivity contribution >= 4 is 106 Å². The number of primary amides is 3. The minimum Gasteiger partial charge on any atom is -0.370 e. The van der Waals surface area contributed by atoms with Crippen LogP contribution < -0.4 is 138 Å². The summed E-state index contributed by atoms with van der Waals surface area (Å²) in [4.78, 5) is 238. The Morgan fingerprint density at radius 1 is 0.308 bits per heavy atom. The van der Waals surface area contributed by atoms with Gasteiger partial charge >= 0.3 is 0 Å². The van der Waals surface area contributed by atoms with Gasteiger partial charge in [0.2, 0.25) is 100 Å². The van der Waals surface area contributed by atoms with Gasteiger partial charge in [-0.1, -0.05) is 82.1 Å². The molecule has 17 amide bonds. The van der Waals surface area contributed by atoms with E-state index in [9.17, 15) is 81.5 Å². The van der Waals surface area contributed by atoms with E-state index in [2.05, 4.69) is 79.4 Å². The van der Waals surface area contributed by atoms with Crippen molar-refractivity contribution in [3.05, 3.63) is 0 Å². The van der Waals surface area contributed by atoms with Gasteiger partial charge in [0, 0.05) is 6.54 Å². The van der Waals surface area contributed by atoms with E-state index >= 15 is 0 Å². The van der Waals surface area contributed by atoms with E-state index in [1.807, 2.05) is 13.8 Å². The summed E-state index contributed by atoms with van der Waals surface area (Å²) in [5, 5.41) is 36.2. The molecule has 0 fully saturated rings. The number of nitrogens with zero attached hydrogens (tertiary/aromatic N) is 1. The molecule has 43 heteroatoms. The Morgan fingerprint density at radius 2 is 0.608 bits per heavy atom. The number of rotatable bonds is 65. The first kappa shape index (κ1) is 110. The third kappa shape index (κ3) is 45.4. The molecule has 0 aliphatic carbocycles. The van der Waals surface area contributed by atoms with E-state index in [4.69, 9.17) is 63.1 Å². The minimum atomic E-state index is -1.84. The zero-order valence-electron chi connectivity index (χ0n) is 72.2. The van der Waals surface area contributed by atoms with Gasteiger partial charge in [0.05, 0.1) is 25.4 Å². The molecule has 0 saturated heterocycles. The van der Waals surface area contributed by atoms with Crippen LogP contribution in [0.3, 0.4) is 0 Å². The molecule has 0 aromatic carbocycles. The van der Waals surface area contributed by atoms with Gasteiger partial charge in [-0.25, -0.2) is 0 Å². The van der Waals surface area contributed by atoms with Crippen LogP contribution in [0.15, 0.2) is 4.99 Å². The minimum absolute atomic E-state index is 0.00421. The van der Waals surface area contributed by atoms with E-state index in [-0.39, 0.29) is 128 Å². The predicted octanol–water partition coefficient (Wildman–Crippen LogP) is -6.86. The van der Waals surface area contributed by atoms with Gasteiger partial charge in [-0.3, -0.25) is 86.5 Å². The van der Waals surface area contributed by atoms with Crippen molar-refractivity contribution in [1.29, 1.82) is 0 Å². The Kier molecular flexibility index (Phi) is 55.5. The first-order valence-corrected chi connectivity index (χ1v) is 41.8. The van der Waals surface area contributed by atoms with Gasteiger partial charge in [0.1, 0.15) is 78.5 Å². The van der Waals surface area contributed by atoms with E-state index in [1.54, 1.807) is 55.4 Å². The molecule has 686 valence electrons. The largest absolute Gasteiger partial charge is 0.370 e. The second-order valence-corrected chi connectivity index (χ2v) is 31.9. The Balaban J connectivity index is 6.92. The molecule has 0 aliphatic rings. The number of amides is 17. The van der Waals surface area contributed by atoms with Crippen LogP contribution in [0.25, 0.3) is 0 Å². The van der Waals surface area contributed by atoms with Crippen LogP contribution in [0, 0.1) is 29.6 Å². The summed E-state index contributed by atoms with van der Waals surface area (Å²) in [5.41, 5.74) is 62.6. The second kappa shape index (κ2) is 60.5. The number of nitrogens with one attached hydrogen (secondary N) is 14. The summed E-state index contributed by atoms with van der Waals surface area (Å²) in [5.74, 6) is -17.3. The third-order valence-corrected chi connectivity index (χ3v) is 19.5. The lowest BCUT2D eigenvalue weighted by atomic mass is 9.97. The van der Waals surface area contributed by atoms with Crippen molar-refractivity contribution in [2.75, 3.05) is 45.8 Å². The maximum Gasteiger partial charge on any atom is 0.243 e. The fourth-order valence-electron chi connectivity index (χ4n) is 12.3. The normalized spacial score (nSPS) is 15.0. The first-order valence-electron chi connectivity index (χ1n) is 41.8. The third-order valence-electron chi connectivity index (χ3n) is 19.5. The topological polar surface area (TPSA) is 757 Å². The van der Waals surface area contributed by atoms with Crippen molar-refractivity contribution in [1.82, 2.24) is 74.4 Å². The molecule has 0 unspecified atom stereocenters. The van der Waals surface area contributed by atoms with Gasteiger partial charge in [0.15, 0.2) is 5.96 Å². The SMILES string of the molecule is CC[C@H](C)[C@H](NC(=O)[C@H](CCCCN)NC(=O)[C@H](CCCCN)NC(=O)[C@H](CC(N)=O)NC(=O)[C@H](CCCN=C(N)N)NC(=O)[C@H](CCCCN)NC(=O)[C@H](CC(N)=O)NC(=O)[C@@H](N)CCCCN)C(=O)NCC(=O)N[C@@H](C)C(=O)N[C@H](C(=O)N[C@@H](CC(C)C)C(=O)N[C@@H](CCCCN)C(=O)N[C@H](C(=O)N[C@@H](CC(C)C)C(N)=O)C(C)C)C(C)C. The number of aliphatic imine (C=N–C) groups is 1. The molecular weight excluding hydrogens is 1560 g/mol. The average molecular weight is 1710 g/mol. The van der Waals surface area contributed by atoms with Crippen molar-refractivity contribution in [3.63, 3.8) is 0 Å². The lowest BCUT2D eigenvalue weighted by molar-refractivity contribution is -0.137. The highest BCUT2D eigenvalue weighted by molar-refractivity contribution is 6.01. The first-order chi connectivity index (χ1) is 56.4. The monoisotopic (exact) mass is 1710 g/mol. The molecule has 15 atom stereocenters. The van der Waals surface area contributed by atoms with Gasteiger partial charge < -0.3 is 138 Å². The van der Waals surface area contributed by atoms with Crippen molar-refractivity contribution in [2.24, 2.45) is 97.7 Å². The van der Waals surface area contributed by atoms with E-state index in [1.165, 1.54) is 6.92 Å². The lowest BCUT2D eigenvalue weighted by Gasteiger charge is -2.29. The molecule has 0 aromatic heterocycles. The molecule has 0 bridgehead atoms. The Labute approximate surface area is 705 Å². The molecule has 43 nitrogen and oxygen atoms in total. The van der Waals surface area contributed by atoms with Crippen LogP contribution >= 0.6 is 0 Å². The number of nitrogens with two attached hydrogens (primary N) is 11. The number of unbranched alkanes of at least 4 members (excludes halogenated alkanes) is 5. The zero-order valence-corrected chi connectivity index (χ0v) is 72.2. The number of hydrogen-bond donors (Lipinski definition) is 25. The van der Waals surface area contributed by atoms with Crippen LogP contribution in [0.5, 0.6) is 0 Å². The number of carbonyl (C=O) groups excluding carboxylic acids is 17. The molecule has 0 spiro atoms. The Hall–Kier alpha value is -9.98. The van der Waals surface area contributed by atoms with Crippen LogP contribution in [0.4, 0.5) is 0 Å². The van der Waals surface area contributed by atoms with Crippen LogP contribution in [-0.2, 0) is 81.5 Å². The fraction of sp³-hybridized carbons (Fsp3) is 0.766. The lowest BCUT2D eigenvalue weighted by Crippen LogP contribution is -2.61. The molecule has 120 heavy (non-hydrogen) atoms. The van der Waals surface area contributed by atoms with E-state index < -0.39 is 222 Å². The molecule has 0 heterocycles. The molecule has 0 radical (unpaired) electrons. The summed E-state index contributed by atoms with van der Waals surface area (Å²) in [6.45, 7) is 18.9. The Bertz CT molecular complexity index is 3310. The van der Waals surface area contributed by atoms with Gasteiger partial charge in [-0.2, -0.15) is 0 Å². The van der Waals surface area contributed by atoms with Gasteiger partial charge in [-0.15, -0.1) is 0 Å². The van der Waals surface area contributed by atoms with Crippen LogP contribution in [0.1, 0.15) is 217 Å². The van der Waals surface area contributed by atoms with Crippen molar-refractivity contribution in [3.8, 4) is 0 Å². The predicted molar refractivity (Wildman–Crippen MR) is 451 cm³/mol. The molecule has 0 rings (SSSR count). The molecular formula is C77H146N26O17. The fourth-order valence-corrected chi connectivity index (χ4v) is 12.3. The molecule has 36 N–H and O–H groups in total.